The standard InChI is InChI=1S/C24H33N3O3/c1-17(2)16-21(27-23(29)19-12-7-8-13-20(19)24(27)30)22(28)25-14-9-15-26(3)18-10-5-4-6-11-18/h4-8,10-11,17,19-21H,9,12-16H2,1-3H3,(H,25,28)/t19-,20+,21-/m0/s1. The van der Waals surface area contributed by atoms with Crippen molar-refractivity contribution in [3.63, 3.8) is 0 Å². The quantitative estimate of drug-likeness (QED) is 0.385. The fourth-order valence-electron chi connectivity index (χ4n) is 4.37. The number of nitrogens with zero attached hydrogens (tertiary/aromatic N) is 2. The summed E-state index contributed by atoms with van der Waals surface area (Å²) in [4.78, 5) is 42.3. The first-order valence-electron chi connectivity index (χ1n) is 11.0. The average molecular weight is 412 g/mol. The maximum atomic E-state index is 13.0. The average Bonchev–Trinajstić information content (AvgIpc) is 3.00. The number of fused-ring (bicyclic) bond motifs is 1. The van der Waals surface area contributed by atoms with E-state index >= 15 is 0 Å². The molecule has 1 heterocycles. The minimum atomic E-state index is -0.720. The normalized spacial score (nSPS) is 21.7. The molecule has 1 N–H and O–H groups in total. The summed E-state index contributed by atoms with van der Waals surface area (Å²) in [6.07, 6.45) is 6.39. The van der Waals surface area contributed by atoms with Crippen molar-refractivity contribution in [1.82, 2.24) is 10.2 Å². The van der Waals surface area contributed by atoms with E-state index in [1.165, 1.54) is 4.90 Å². The number of allylic oxidation sites excluding steroid dienone is 2. The minimum Gasteiger partial charge on any atom is -0.375 e. The number of benzene rings is 1. The third kappa shape index (κ3) is 4.91. The molecule has 1 aromatic rings. The van der Waals surface area contributed by atoms with Crippen molar-refractivity contribution in [2.75, 3.05) is 25.0 Å². The number of para-hydroxylation sites is 1. The minimum absolute atomic E-state index is 0.182. The van der Waals surface area contributed by atoms with Gasteiger partial charge in [-0.15, -0.1) is 0 Å². The van der Waals surface area contributed by atoms with E-state index in [0.717, 1.165) is 18.7 Å². The lowest BCUT2D eigenvalue weighted by molar-refractivity contribution is -0.148. The summed E-state index contributed by atoms with van der Waals surface area (Å²) in [5, 5.41) is 2.97. The molecule has 1 fully saturated rings. The maximum absolute atomic E-state index is 13.0. The molecule has 0 unspecified atom stereocenters. The molecule has 3 atom stereocenters. The Morgan fingerprint density at radius 3 is 2.27 bits per heavy atom. The number of carbonyl (C=O) groups is 3. The van der Waals surface area contributed by atoms with Crippen LogP contribution in [-0.2, 0) is 14.4 Å². The van der Waals surface area contributed by atoms with Gasteiger partial charge in [-0.1, -0.05) is 44.2 Å². The van der Waals surface area contributed by atoms with Gasteiger partial charge in [-0.3, -0.25) is 19.3 Å². The number of rotatable bonds is 9. The van der Waals surface area contributed by atoms with Crippen molar-refractivity contribution in [3.05, 3.63) is 42.5 Å². The first-order valence-corrected chi connectivity index (χ1v) is 11.0. The van der Waals surface area contributed by atoms with Crippen molar-refractivity contribution in [2.45, 2.75) is 45.6 Å². The Bertz CT molecular complexity index is 764. The van der Waals surface area contributed by atoms with Gasteiger partial charge in [-0.2, -0.15) is 0 Å². The van der Waals surface area contributed by atoms with Crippen LogP contribution in [0.5, 0.6) is 0 Å². The first-order chi connectivity index (χ1) is 14.4. The Morgan fingerprint density at radius 2 is 1.70 bits per heavy atom. The molecule has 2 aliphatic rings. The summed E-state index contributed by atoms with van der Waals surface area (Å²) in [5.74, 6) is -0.988. The molecule has 0 saturated carbocycles. The molecule has 0 radical (unpaired) electrons. The summed E-state index contributed by atoms with van der Waals surface area (Å²) in [7, 11) is 2.02. The highest BCUT2D eigenvalue weighted by Crippen LogP contribution is 2.37. The Balaban J connectivity index is 1.58. The van der Waals surface area contributed by atoms with Crippen molar-refractivity contribution in [2.24, 2.45) is 17.8 Å². The predicted octanol–water partition coefficient (Wildman–Crippen LogP) is 3.00. The lowest BCUT2D eigenvalue weighted by Gasteiger charge is -2.27. The number of nitrogens with one attached hydrogen (secondary N) is 1. The van der Waals surface area contributed by atoms with Crippen LogP contribution in [0.25, 0.3) is 0 Å². The van der Waals surface area contributed by atoms with Crippen LogP contribution in [0.4, 0.5) is 5.69 Å². The highest BCUT2D eigenvalue weighted by molar-refractivity contribution is 6.08. The number of hydrogen-bond donors (Lipinski definition) is 1. The Labute approximate surface area is 179 Å². The van der Waals surface area contributed by atoms with Crippen LogP contribution in [0, 0.1) is 17.8 Å². The van der Waals surface area contributed by atoms with Gasteiger partial charge in [0.05, 0.1) is 11.8 Å². The van der Waals surface area contributed by atoms with Crippen LogP contribution in [0.15, 0.2) is 42.5 Å². The van der Waals surface area contributed by atoms with Crippen molar-refractivity contribution >= 4 is 23.4 Å². The summed E-state index contributed by atoms with van der Waals surface area (Å²) >= 11 is 0. The molecule has 1 aliphatic heterocycles. The zero-order chi connectivity index (χ0) is 21.7. The van der Waals surface area contributed by atoms with Crippen LogP contribution in [0.1, 0.15) is 39.5 Å². The lowest BCUT2D eigenvalue weighted by Crippen LogP contribution is -2.51. The topological polar surface area (TPSA) is 69.7 Å². The molecule has 3 rings (SSSR count). The van der Waals surface area contributed by atoms with Crippen molar-refractivity contribution in [3.8, 4) is 0 Å². The van der Waals surface area contributed by atoms with Crippen LogP contribution >= 0.6 is 0 Å². The largest absolute Gasteiger partial charge is 0.375 e. The molecule has 6 heteroatoms. The van der Waals surface area contributed by atoms with Gasteiger partial charge >= 0.3 is 0 Å². The molecule has 0 spiro atoms. The Hall–Kier alpha value is -2.63. The second-order valence-electron chi connectivity index (χ2n) is 8.75. The smallest absolute Gasteiger partial charge is 0.243 e. The van der Waals surface area contributed by atoms with Gasteiger partial charge in [0.1, 0.15) is 6.04 Å². The predicted molar refractivity (Wildman–Crippen MR) is 118 cm³/mol. The van der Waals surface area contributed by atoms with Gasteiger partial charge in [0.2, 0.25) is 17.7 Å². The molecule has 0 aromatic heterocycles. The lowest BCUT2D eigenvalue weighted by atomic mass is 9.85. The maximum Gasteiger partial charge on any atom is 0.243 e. The zero-order valence-corrected chi connectivity index (χ0v) is 18.2. The third-order valence-electron chi connectivity index (χ3n) is 6.02. The van der Waals surface area contributed by atoms with E-state index < -0.39 is 6.04 Å². The van der Waals surface area contributed by atoms with Crippen LogP contribution in [-0.4, -0.2) is 48.8 Å². The molecular weight excluding hydrogens is 378 g/mol. The Morgan fingerprint density at radius 1 is 1.10 bits per heavy atom. The monoisotopic (exact) mass is 411 g/mol. The van der Waals surface area contributed by atoms with E-state index in [1.54, 1.807) is 0 Å². The van der Waals surface area contributed by atoms with Gasteiger partial charge < -0.3 is 10.2 Å². The number of amides is 3. The van der Waals surface area contributed by atoms with Gasteiger partial charge in [0, 0.05) is 25.8 Å². The van der Waals surface area contributed by atoms with Gasteiger partial charge in [0.25, 0.3) is 0 Å². The number of carbonyl (C=O) groups excluding carboxylic acids is 3. The fraction of sp³-hybridized carbons (Fsp3) is 0.542. The van der Waals surface area contributed by atoms with Crippen molar-refractivity contribution in [1.29, 1.82) is 0 Å². The summed E-state index contributed by atoms with van der Waals surface area (Å²) in [5.41, 5.74) is 1.13. The fourth-order valence-corrected chi connectivity index (χ4v) is 4.37. The molecule has 6 nitrogen and oxygen atoms in total. The van der Waals surface area contributed by atoms with E-state index in [4.69, 9.17) is 0 Å². The summed E-state index contributed by atoms with van der Waals surface area (Å²) in [6.45, 7) is 5.33. The Kier molecular flexibility index (Phi) is 7.29. The molecule has 1 aliphatic carbocycles. The third-order valence-corrected chi connectivity index (χ3v) is 6.02. The summed E-state index contributed by atoms with van der Waals surface area (Å²) in [6, 6.07) is 9.37. The van der Waals surface area contributed by atoms with Gasteiger partial charge in [0.15, 0.2) is 0 Å². The van der Waals surface area contributed by atoms with E-state index in [-0.39, 0.29) is 35.5 Å². The molecule has 0 bridgehead atoms. The second-order valence-corrected chi connectivity index (χ2v) is 8.75. The first kappa shape index (κ1) is 22.1. The van der Waals surface area contributed by atoms with E-state index in [9.17, 15) is 14.4 Å². The highest BCUT2D eigenvalue weighted by atomic mass is 16.2. The SMILES string of the molecule is CC(C)C[C@@H](C(=O)NCCCN(C)c1ccccc1)N1C(=O)[C@H]2CC=CC[C@H]2C1=O. The number of likely N-dealkylation sites (tertiary alicyclic amines) is 1. The molecule has 1 aromatic carbocycles. The van der Waals surface area contributed by atoms with Crippen LogP contribution < -0.4 is 10.2 Å². The summed E-state index contributed by atoms with van der Waals surface area (Å²) < 4.78 is 0. The zero-order valence-electron chi connectivity index (χ0n) is 18.2. The van der Waals surface area contributed by atoms with E-state index in [1.807, 2.05) is 51.2 Å². The highest BCUT2D eigenvalue weighted by Gasteiger charge is 2.51. The van der Waals surface area contributed by atoms with Crippen LogP contribution in [0.2, 0.25) is 0 Å². The number of imide groups is 1. The van der Waals surface area contributed by atoms with Crippen molar-refractivity contribution < 1.29 is 14.4 Å². The van der Waals surface area contributed by atoms with Crippen LogP contribution in [0.3, 0.4) is 0 Å². The van der Waals surface area contributed by atoms with E-state index in [0.29, 0.717) is 25.8 Å². The second kappa shape index (κ2) is 9.92. The van der Waals surface area contributed by atoms with Gasteiger partial charge in [-0.05, 0) is 43.7 Å². The number of anilines is 1. The van der Waals surface area contributed by atoms with Gasteiger partial charge in [-0.25, -0.2) is 0 Å². The molecule has 162 valence electrons. The number of hydrogen-bond acceptors (Lipinski definition) is 4. The molecular formula is C24H33N3O3. The molecule has 1 saturated heterocycles. The molecule has 30 heavy (non-hydrogen) atoms. The molecule has 3 amide bonds. The van der Waals surface area contributed by atoms with E-state index in [2.05, 4.69) is 22.3 Å².